The van der Waals surface area contributed by atoms with Crippen LogP contribution in [0.25, 0.3) is 6.08 Å². The summed E-state index contributed by atoms with van der Waals surface area (Å²) in [5, 5.41) is 10.2. The highest BCUT2D eigenvalue weighted by Crippen LogP contribution is 2.29. The molecule has 0 amide bonds. The molecule has 0 aliphatic carbocycles. The van der Waals surface area contributed by atoms with E-state index in [9.17, 15) is 10.1 Å². The molecule has 1 aromatic carbocycles. The van der Waals surface area contributed by atoms with Crippen LogP contribution in [0.1, 0.15) is 5.56 Å². The summed E-state index contributed by atoms with van der Waals surface area (Å²) in [6, 6.07) is 5.17. The van der Waals surface area contributed by atoms with Crippen molar-refractivity contribution in [1.29, 1.82) is 0 Å². The van der Waals surface area contributed by atoms with E-state index >= 15 is 0 Å². The van der Waals surface area contributed by atoms with Gasteiger partial charge in [0, 0.05) is 6.08 Å². The lowest BCUT2D eigenvalue weighted by atomic mass is 10.1. The number of hydrogen-bond acceptors (Lipinski definition) is 4. The highest BCUT2D eigenvalue weighted by Gasteiger charge is 2.07. The number of nitro groups is 1. The largest absolute Gasteiger partial charge is 0.496 e. The van der Waals surface area contributed by atoms with Gasteiger partial charge in [-0.15, -0.1) is 0 Å². The van der Waals surface area contributed by atoms with Crippen LogP contribution in [0.4, 0.5) is 0 Å². The third kappa shape index (κ3) is 2.70. The SMILES string of the molecule is COc1cccc(OC)c1C=C[N+](=O)[O-]. The minimum absolute atomic E-state index is 0.535. The van der Waals surface area contributed by atoms with E-state index in [0.29, 0.717) is 17.1 Å². The second-order valence-corrected chi connectivity index (χ2v) is 2.68. The van der Waals surface area contributed by atoms with Crippen molar-refractivity contribution in [3.05, 3.63) is 40.1 Å². The second kappa shape index (κ2) is 4.99. The van der Waals surface area contributed by atoms with Crippen LogP contribution in [0.15, 0.2) is 24.4 Å². The fourth-order valence-electron chi connectivity index (χ4n) is 1.18. The first-order chi connectivity index (χ1) is 7.19. The Balaban J connectivity index is 3.16. The van der Waals surface area contributed by atoms with Crippen molar-refractivity contribution >= 4 is 6.08 Å². The average molecular weight is 209 g/mol. The van der Waals surface area contributed by atoms with Crippen LogP contribution >= 0.6 is 0 Å². The monoisotopic (exact) mass is 209 g/mol. The maximum Gasteiger partial charge on any atom is 0.235 e. The molecule has 0 aliphatic rings. The minimum Gasteiger partial charge on any atom is -0.496 e. The van der Waals surface area contributed by atoms with Gasteiger partial charge in [-0.2, -0.15) is 0 Å². The highest BCUT2D eigenvalue weighted by atomic mass is 16.6. The number of rotatable bonds is 4. The molecule has 0 N–H and O–H groups in total. The van der Waals surface area contributed by atoms with E-state index in [1.54, 1.807) is 18.2 Å². The molecule has 0 bridgehead atoms. The van der Waals surface area contributed by atoms with Crippen LogP contribution in [-0.2, 0) is 0 Å². The van der Waals surface area contributed by atoms with Crippen LogP contribution < -0.4 is 9.47 Å². The molecule has 1 aromatic rings. The molecule has 0 saturated carbocycles. The molecule has 80 valence electrons. The number of ether oxygens (including phenoxy) is 2. The first-order valence-electron chi connectivity index (χ1n) is 4.21. The summed E-state index contributed by atoms with van der Waals surface area (Å²) in [4.78, 5) is 9.67. The van der Waals surface area contributed by atoms with Gasteiger partial charge in [-0.05, 0) is 12.1 Å². The van der Waals surface area contributed by atoms with E-state index in [1.807, 2.05) is 0 Å². The lowest BCUT2D eigenvalue weighted by Crippen LogP contribution is -1.92. The summed E-state index contributed by atoms with van der Waals surface area (Å²) < 4.78 is 10.1. The Labute approximate surface area is 87.1 Å². The Morgan fingerprint density at radius 1 is 1.27 bits per heavy atom. The average Bonchev–Trinajstić information content (AvgIpc) is 2.25. The third-order valence-electron chi connectivity index (χ3n) is 1.83. The highest BCUT2D eigenvalue weighted by molar-refractivity contribution is 5.63. The van der Waals surface area contributed by atoms with Crippen molar-refractivity contribution in [3.8, 4) is 11.5 Å². The zero-order valence-electron chi connectivity index (χ0n) is 8.47. The quantitative estimate of drug-likeness (QED) is 0.561. The van der Waals surface area contributed by atoms with Crippen molar-refractivity contribution in [2.24, 2.45) is 0 Å². The molecule has 0 aromatic heterocycles. The predicted molar refractivity (Wildman–Crippen MR) is 55.6 cm³/mol. The summed E-state index contributed by atoms with van der Waals surface area (Å²) in [5.74, 6) is 1.07. The Hall–Kier alpha value is -2.04. The molecule has 0 spiro atoms. The Morgan fingerprint density at radius 2 is 1.80 bits per heavy atom. The Kier molecular flexibility index (Phi) is 3.68. The van der Waals surface area contributed by atoms with Gasteiger partial charge in [-0.1, -0.05) is 6.07 Å². The normalized spacial score (nSPS) is 10.3. The summed E-state index contributed by atoms with van der Waals surface area (Å²) in [6.45, 7) is 0. The number of benzene rings is 1. The smallest absolute Gasteiger partial charge is 0.235 e. The summed E-state index contributed by atoms with van der Waals surface area (Å²) in [6.07, 6.45) is 2.19. The molecule has 0 saturated heterocycles. The Morgan fingerprint density at radius 3 is 2.20 bits per heavy atom. The minimum atomic E-state index is -0.536. The molecule has 0 atom stereocenters. The van der Waals surface area contributed by atoms with E-state index in [0.717, 1.165) is 6.20 Å². The van der Waals surface area contributed by atoms with Gasteiger partial charge in [0.25, 0.3) is 0 Å². The van der Waals surface area contributed by atoms with Gasteiger partial charge in [0.15, 0.2) is 0 Å². The van der Waals surface area contributed by atoms with Gasteiger partial charge >= 0.3 is 0 Å². The van der Waals surface area contributed by atoms with Gasteiger partial charge in [0.05, 0.1) is 24.7 Å². The number of methoxy groups -OCH3 is 2. The van der Waals surface area contributed by atoms with E-state index in [-0.39, 0.29) is 0 Å². The van der Waals surface area contributed by atoms with Crippen LogP contribution in [0.3, 0.4) is 0 Å². The van der Waals surface area contributed by atoms with Crippen LogP contribution in [-0.4, -0.2) is 19.1 Å². The van der Waals surface area contributed by atoms with Crippen LogP contribution in [0.2, 0.25) is 0 Å². The summed E-state index contributed by atoms with van der Waals surface area (Å²) >= 11 is 0. The third-order valence-corrected chi connectivity index (χ3v) is 1.83. The molecule has 0 fully saturated rings. The maximum absolute atomic E-state index is 10.2. The first-order valence-corrected chi connectivity index (χ1v) is 4.21. The van der Waals surface area contributed by atoms with Gasteiger partial charge in [0.1, 0.15) is 11.5 Å². The molecule has 5 heteroatoms. The molecule has 0 heterocycles. The van der Waals surface area contributed by atoms with Crippen LogP contribution in [0.5, 0.6) is 11.5 Å². The zero-order valence-corrected chi connectivity index (χ0v) is 8.47. The zero-order chi connectivity index (χ0) is 11.3. The molecular weight excluding hydrogens is 198 g/mol. The topological polar surface area (TPSA) is 61.6 Å². The molecular formula is C10H11NO4. The fraction of sp³-hybridized carbons (Fsp3) is 0.200. The van der Waals surface area contributed by atoms with E-state index < -0.39 is 4.92 Å². The van der Waals surface area contributed by atoms with Gasteiger partial charge < -0.3 is 9.47 Å². The van der Waals surface area contributed by atoms with Gasteiger partial charge in [-0.3, -0.25) is 10.1 Å². The van der Waals surface area contributed by atoms with E-state index in [4.69, 9.17) is 9.47 Å². The lowest BCUT2D eigenvalue weighted by molar-refractivity contribution is -0.400. The van der Waals surface area contributed by atoms with Crippen LogP contribution in [0, 0.1) is 10.1 Å². The van der Waals surface area contributed by atoms with Gasteiger partial charge in [-0.25, -0.2) is 0 Å². The van der Waals surface area contributed by atoms with Crippen molar-refractivity contribution in [3.63, 3.8) is 0 Å². The van der Waals surface area contributed by atoms with Crippen molar-refractivity contribution in [1.82, 2.24) is 0 Å². The lowest BCUT2D eigenvalue weighted by Gasteiger charge is -2.08. The van der Waals surface area contributed by atoms with E-state index in [2.05, 4.69) is 0 Å². The fourth-order valence-corrected chi connectivity index (χ4v) is 1.18. The molecule has 0 aliphatic heterocycles. The molecule has 0 radical (unpaired) electrons. The Bertz CT molecular complexity index is 365. The summed E-state index contributed by atoms with van der Waals surface area (Å²) in [5.41, 5.74) is 0.555. The van der Waals surface area contributed by atoms with E-state index in [1.165, 1.54) is 20.3 Å². The molecule has 0 unspecified atom stereocenters. The number of hydrogen-bond donors (Lipinski definition) is 0. The second-order valence-electron chi connectivity index (χ2n) is 2.68. The summed E-state index contributed by atoms with van der Waals surface area (Å²) in [7, 11) is 3.00. The molecule has 1 rings (SSSR count). The number of nitrogens with zero attached hydrogens (tertiary/aromatic N) is 1. The molecule has 5 nitrogen and oxygen atoms in total. The standard InChI is InChI=1S/C10H11NO4/c1-14-9-4-3-5-10(15-2)8(9)6-7-11(12)13/h3-7H,1-2H3. The van der Waals surface area contributed by atoms with Crippen molar-refractivity contribution in [2.45, 2.75) is 0 Å². The first kappa shape index (κ1) is 11.0. The van der Waals surface area contributed by atoms with Crippen molar-refractivity contribution in [2.75, 3.05) is 14.2 Å². The predicted octanol–water partition coefficient (Wildman–Crippen LogP) is 1.95. The van der Waals surface area contributed by atoms with Crippen molar-refractivity contribution < 1.29 is 14.4 Å². The maximum atomic E-state index is 10.2. The molecule has 15 heavy (non-hydrogen) atoms. The van der Waals surface area contributed by atoms with Gasteiger partial charge in [0.2, 0.25) is 6.20 Å².